The Labute approximate surface area is 91.6 Å². The molecule has 90 valence electrons. The molecule has 0 spiro atoms. The van der Waals surface area contributed by atoms with Crippen LogP contribution in [-0.4, -0.2) is 50.8 Å². The number of nitrogens with zero attached hydrogens (tertiary/aromatic N) is 1. The van der Waals surface area contributed by atoms with E-state index in [0.29, 0.717) is 32.7 Å². The van der Waals surface area contributed by atoms with Gasteiger partial charge in [0.25, 0.3) is 0 Å². The minimum atomic E-state index is -3.22. The van der Waals surface area contributed by atoms with Crippen molar-refractivity contribution in [2.45, 2.75) is 25.0 Å². The summed E-state index contributed by atoms with van der Waals surface area (Å²) in [7, 11) is -3.22. The topological polar surface area (TPSA) is 72.6 Å². The van der Waals surface area contributed by atoms with Crippen molar-refractivity contribution in [3.05, 3.63) is 0 Å². The first-order chi connectivity index (χ1) is 7.12. The fourth-order valence-corrected chi connectivity index (χ4v) is 3.49. The van der Waals surface area contributed by atoms with Crippen LogP contribution in [0.1, 0.15) is 19.8 Å². The van der Waals surface area contributed by atoms with Gasteiger partial charge < -0.3 is 10.5 Å². The van der Waals surface area contributed by atoms with Crippen molar-refractivity contribution in [1.82, 2.24) is 4.31 Å². The third-order valence-electron chi connectivity index (χ3n) is 2.68. The molecular weight excluding hydrogens is 216 g/mol. The van der Waals surface area contributed by atoms with Crippen LogP contribution >= 0.6 is 0 Å². The average Bonchev–Trinajstić information content (AvgIpc) is 2.47. The predicted molar refractivity (Wildman–Crippen MR) is 59.1 cm³/mol. The molecule has 1 unspecified atom stereocenters. The van der Waals surface area contributed by atoms with Crippen LogP contribution in [0, 0.1) is 0 Å². The second-order valence-electron chi connectivity index (χ2n) is 3.68. The van der Waals surface area contributed by atoms with Gasteiger partial charge in [0.1, 0.15) is 0 Å². The lowest BCUT2D eigenvalue weighted by Crippen LogP contribution is -2.43. The van der Waals surface area contributed by atoms with Gasteiger partial charge in [-0.2, -0.15) is 4.31 Å². The van der Waals surface area contributed by atoms with Gasteiger partial charge >= 0.3 is 0 Å². The van der Waals surface area contributed by atoms with E-state index in [1.54, 1.807) is 0 Å². The summed E-state index contributed by atoms with van der Waals surface area (Å²) >= 11 is 0. The Morgan fingerprint density at radius 1 is 1.40 bits per heavy atom. The van der Waals surface area contributed by atoms with Crippen LogP contribution < -0.4 is 5.73 Å². The number of rotatable bonds is 4. The summed E-state index contributed by atoms with van der Waals surface area (Å²) in [5.74, 6) is 0. The van der Waals surface area contributed by atoms with Crippen LogP contribution in [0.15, 0.2) is 0 Å². The second kappa shape index (κ2) is 5.79. The zero-order valence-electron chi connectivity index (χ0n) is 9.18. The molecule has 0 amide bonds. The second-order valence-corrected chi connectivity index (χ2v) is 5.89. The number of sulfonamides is 1. The van der Waals surface area contributed by atoms with Crippen molar-refractivity contribution in [3.63, 3.8) is 0 Å². The summed E-state index contributed by atoms with van der Waals surface area (Å²) in [6.07, 6.45) is 1.33. The van der Waals surface area contributed by atoms with E-state index in [2.05, 4.69) is 0 Å². The van der Waals surface area contributed by atoms with E-state index in [9.17, 15) is 8.42 Å². The molecule has 0 radical (unpaired) electrons. The minimum absolute atomic E-state index is 0.191. The largest absolute Gasteiger partial charge is 0.380 e. The van der Waals surface area contributed by atoms with Gasteiger partial charge in [-0.25, -0.2) is 8.42 Å². The van der Waals surface area contributed by atoms with Gasteiger partial charge in [0.2, 0.25) is 10.0 Å². The first-order valence-corrected chi connectivity index (χ1v) is 6.90. The number of hydrogen-bond acceptors (Lipinski definition) is 4. The Balaban J connectivity index is 2.73. The first-order valence-electron chi connectivity index (χ1n) is 5.39. The summed E-state index contributed by atoms with van der Waals surface area (Å²) in [6.45, 7) is 4.18. The molecule has 1 aliphatic heterocycles. The van der Waals surface area contributed by atoms with Gasteiger partial charge in [0.05, 0.1) is 11.9 Å². The van der Waals surface area contributed by atoms with E-state index in [0.717, 1.165) is 6.42 Å². The van der Waals surface area contributed by atoms with E-state index in [1.807, 2.05) is 6.92 Å². The number of nitrogens with two attached hydrogens (primary N) is 1. The summed E-state index contributed by atoms with van der Waals surface area (Å²) in [4.78, 5) is 0. The van der Waals surface area contributed by atoms with Crippen molar-refractivity contribution in [2.75, 3.05) is 32.8 Å². The third kappa shape index (κ3) is 3.14. The van der Waals surface area contributed by atoms with Crippen LogP contribution in [0.25, 0.3) is 0 Å². The maximum atomic E-state index is 12.1. The minimum Gasteiger partial charge on any atom is -0.380 e. The molecule has 6 heteroatoms. The van der Waals surface area contributed by atoms with E-state index in [4.69, 9.17) is 10.5 Å². The predicted octanol–water partition coefficient (Wildman–Crippen LogP) is -0.224. The molecule has 1 fully saturated rings. The van der Waals surface area contributed by atoms with Gasteiger partial charge in [-0.3, -0.25) is 0 Å². The van der Waals surface area contributed by atoms with Crippen LogP contribution in [0.3, 0.4) is 0 Å². The highest BCUT2D eigenvalue weighted by molar-refractivity contribution is 7.89. The maximum Gasteiger partial charge on any atom is 0.218 e. The molecule has 1 atom stereocenters. The smallest absolute Gasteiger partial charge is 0.218 e. The molecule has 0 saturated carbocycles. The molecular formula is C9H20N2O3S. The Morgan fingerprint density at radius 2 is 2.13 bits per heavy atom. The molecule has 0 aromatic heterocycles. The zero-order valence-corrected chi connectivity index (χ0v) is 10.0. The Kier molecular flexibility index (Phi) is 4.98. The summed E-state index contributed by atoms with van der Waals surface area (Å²) in [5.41, 5.74) is 5.48. The average molecular weight is 236 g/mol. The van der Waals surface area contributed by atoms with Crippen LogP contribution in [0.5, 0.6) is 0 Å². The van der Waals surface area contributed by atoms with Crippen LogP contribution in [0.4, 0.5) is 0 Å². The molecule has 15 heavy (non-hydrogen) atoms. The van der Waals surface area contributed by atoms with Crippen molar-refractivity contribution in [2.24, 2.45) is 5.73 Å². The zero-order chi connectivity index (χ0) is 11.3. The highest BCUT2D eigenvalue weighted by atomic mass is 32.2. The summed E-state index contributed by atoms with van der Waals surface area (Å²) in [6, 6.07) is 0. The lowest BCUT2D eigenvalue weighted by Gasteiger charge is -2.24. The third-order valence-corrected chi connectivity index (χ3v) is 5.13. The SMILES string of the molecule is CCC(CN)S(=O)(=O)N1CCCOCC1. The lowest BCUT2D eigenvalue weighted by molar-refractivity contribution is 0.148. The first kappa shape index (κ1) is 12.9. The fourth-order valence-electron chi connectivity index (χ4n) is 1.69. The Bertz CT molecular complexity index is 267. The standard InChI is InChI=1S/C9H20N2O3S/c1-2-9(8-10)15(12,13)11-4-3-6-14-7-5-11/h9H,2-8,10H2,1H3. The molecule has 1 heterocycles. The maximum absolute atomic E-state index is 12.1. The summed E-state index contributed by atoms with van der Waals surface area (Å²) in [5, 5.41) is -0.449. The van der Waals surface area contributed by atoms with Gasteiger partial charge in [-0.1, -0.05) is 6.92 Å². The number of hydrogen-bond donors (Lipinski definition) is 1. The van der Waals surface area contributed by atoms with Gasteiger partial charge in [0.15, 0.2) is 0 Å². The highest BCUT2D eigenvalue weighted by Gasteiger charge is 2.30. The quantitative estimate of drug-likeness (QED) is 0.732. The molecule has 2 N–H and O–H groups in total. The molecule has 0 aromatic carbocycles. The molecule has 0 aromatic rings. The molecule has 0 bridgehead atoms. The monoisotopic (exact) mass is 236 g/mol. The molecule has 0 aliphatic carbocycles. The fraction of sp³-hybridized carbons (Fsp3) is 1.00. The van der Waals surface area contributed by atoms with Crippen LogP contribution in [0.2, 0.25) is 0 Å². The van der Waals surface area contributed by atoms with Crippen molar-refractivity contribution < 1.29 is 13.2 Å². The Hall–Kier alpha value is -0.170. The van der Waals surface area contributed by atoms with Gasteiger partial charge in [-0.15, -0.1) is 0 Å². The Morgan fingerprint density at radius 3 is 2.73 bits per heavy atom. The normalized spacial score (nSPS) is 22.3. The van der Waals surface area contributed by atoms with E-state index in [-0.39, 0.29) is 6.54 Å². The molecule has 1 aliphatic rings. The van der Waals surface area contributed by atoms with Gasteiger partial charge in [0, 0.05) is 26.2 Å². The van der Waals surface area contributed by atoms with Crippen molar-refractivity contribution in [1.29, 1.82) is 0 Å². The molecule has 1 rings (SSSR count). The lowest BCUT2D eigenvalue weighted by atomic mass is 10.3. The van der Waals surface area contributed by atoms with E-state index in [1.165, 1.54) is 4.31 Å². The highest BCUT2D eigenvalue weighted by Crippen LogP contribution is 2.13. The van der Waals surface area contributed by atoms with Crippen LogP contribution in [-0.2, 0) is 14.8 Å². The summed E-state index contributed by atoms with van der Waals surface area (Å²) < 4.78 is 30.9. The van der Waals surface area contributed by atoms with Crippen molar-refractivity contribution in [3.8, 4) is 0 Å². The number of ether oxygens (including phenoxy) is 1. The molecule has 5 nitrogen and oxygen atoms in total. The molecule has 1 saturated heterocycles. The van der Waals surface area contributed by atoms with E-state index < -0.39 is 15.3 Å². The van der Waals surface area contributed by atoms with Crippen molar-refractivity contribution >= 4 is 10.0 Å². The van der Waals surface area contributed by atoms with Gasteiger partial charge in [-0.05, 0) is 12.8 Å². The van der Waals surface area contributed by atoms with E-state index >= 15 is 0 Å².